The predicted molar refractivity (Wildman–Crippen MR) is 72.6 cm³/mol. The predicted octanol–water partition coefficient (Wildman–Crippen LogP) is 2.99. The molecule has 0 aliphatic carbocycles. The Hall–Kier alpha value is -0.120. The number of hydrogen-bond acceptors (Lipinski definition) is 3. The van der Waals surface area contributed by atoms with E-state index in [1.54, 1.807) is 0 Å². The van der Waals surface area contributed by atoms with E-state index < -0.39 is 0 Å². The van der Waals surface area contributed by atoms with Crippen molar-refractivity contribution in [3.8, 4) is 0 Å². The molecule has 102 valence electrons. The van der Waals surface area contributed by atoms with Gasteiger partial charge >= 0.3 is 0 Å². The van der Waals surface area contributed by atoms with Crippen molar-refractivity contribution in [2.45, 2.75) is 77.4 Å². The van der Waals surface area contributed by atoms with Gasteiger partial charge in [-0.3, -0.25) is 11.3 Å². The first kappa shape index (κ1) is 14.9. The third-order valence-electron chi connectivity index (χ3n) is 3.93. The summed E-state index contributed by atoms with van der Waals surface area (Å²) >= 11 is 0. The summed E-state index contributed by atoms with van der Waals surface area (Å²) in [5, 5.41) is 0. The first-order chi connectivity index (χ1) is 8.31. The van der Waals surface area contributed by atoms with Crippen LogP contribution in [-0.4, -0.2) is 18.8 Å². The van der Waals surface area contributed by atoms with Gasteiger partial charge in [-0.1, -0.05) is 26.7 Å². The molecule has 17 heavy (non-hydrogen) atoms. The first-order valence-corrected chi connectivity index (χ1v) is 7.39. The van der Waals surface area contributed by atoms with Gasteiger partial charge in [0.05, 0.1) is 6.10 Å². The third kappa shape index (κ3) is 5.36. The highest BCUT2D eigenvalue weighted by Crippen LogP contribution is 2.24. The summed E-state index contributed by atoms with van der Waals surface area (Å²) in [5.41, 5.74) is 3.04. The lowest BCUT2D eigenvalue weighted by Gasteiger charge is -2.27. The Labute approximate surface area is 106 Å². The van der Waals surface area contributed by atoms with Gasteiger partial charge in [0.1, 0.15) is 0 Å². The summed E-state index contributed by atoms with van der Waals surface area (Å²) in [7, 11) is 0. The molecule has 0 aromatic heterocycles. The van der Waals surface area contributed by atoms with Crippen molar-refractivity contribution in [1.29, 1.82) is 0 Å². The summed E-state index contributed by atoms with van der Waals surface area (Å²) in [6.07, 6.45) is 10.4. The van der Waals surface area contributed by atoms with E-state index in [1.807, 2.05) is 0 Å². The third-order valence-corrected chi connectivity index (χ3v) is 3.93. The quantitative estimate of drug-likeness (QED) is 0.482. The van der Waals surface area contributed by atoms with Gasteiger partial charge in [-0.05, 0) is 44.4 Å². The van der Waals surface area contributed by atoms with Crippen LogP contribution < -0.4 is 11.3 Å². The minimum atomic E-state index is 0.471. The van der Waals surface area contributed by atoms with E-state index in [1.165, 1.54) is 44.9 Å². The molecule has 1 rings (SSSR count). The van der Waals surface area contributed by atoms with Crippen molar-refractivity contribution in [2.75, 3.05) is 6.61 Å². The van der Waals surface area contributed by atoms with Crippen molar-refractivity contribution in [3.05, 3.63) is 0 Å². The fourth-order valence-corrected chi connectivity index (χ4v) is 2.98. The zero-order valence-corrected chi connectivity index (χ0v) is 11.6. The van der Waals surface area contributed by atoms with E-state index in [0.717, 1.165) is 18.9 Å². The Morgan fingerprint density at radius 1 is 1.24 bits per heavy atom. The second-order valence-corrected chi connectivity index (χ2v) is 5.32. The van der Waals surface area contributed by atoms with Crippen LogP contribution in [0.15, 0.2) is 0 Å². The molecule has 0 amide bonds. The van der Waals surface area contributed by atoms with E-state index in [9.17, 15) is 0 Å². The summed E-state index contributed by atoms with van der Waals surface area (Å²) in [6, 6.07) is 0.471. The Morgan fingerprint density at radius 2 is 1.94 bits per heavy atom. The molecule has 0 saturated carbocycles. The molecule has 0 aromatic rings. The summed E-state index contributed by atoms with van der Waals surface area (Å²) in [4.78, 5) is 0. The van der Waals surface area contributed by atoms with Crippen molar-refractivity contribution in [3.63, 3.8) is 0 Å². The maximum Gasteiger partial charge on any atom is 0.0576 e. The molecule has 1 saturated heterocycles. The molecule has 3 N–H and O–H groups in total. The van der Waals surface area contributed by atoms with Gasteiger partial charge in [0.2, 0.25) is 0 Å². The fraction of sp³-hybridized carbons (Fsp3) is 1.00. The molecule has 2 atom stereocenters. The number of ether oxygens (including phenoxy) is 1. The molecule has 3 heteroatoms. The largest absolute Gasteiger partial charge is 0.378 e. The van der Waals surface area contributed by atoms with Crippen LogP contribution in [0.4, 0.5) is 0 Å². The van der Waals surface area contributed by atoms with Crippen LogP contribution in [0.25, 0.3) is 0 Å². The molecule has 1 aliphatic heterocycles. The fourth-order valence-electron chi connectivity index (χ4n) is 2.98. The molecule has 0 aromatic carbocycles. The number of nitrogens with one attached hydrogen (secondary N) is 1. The molecule has 2 unspecified atom stereocenters. The summed E-state index contributed by atoms with van der Waals surface area (Å²) < 4.78 is 5.68. The summed E-state index contributed by atoms with van der Waals surface area (Å²) in [5.74, 6) is 6.46. The Morgan fingerprint density at radius 3 is 2.41 bits per heavy atom. The second kappa shape index (κ2) is 8.90. The van der Waals surface area contributed by atoms with Gasteiger partial charge in [0, 0.05) is 12.6 Å². The highest BCUT2D eigenvalue weighted by molar-refractivity contribution is 4.77. The molecule has 1 aliphatic rings. The van der Waals surface area contributed by atoms with Crippen LogP contribution in [0.2, 0.25) is 0 Å². The Bertz CT molecular complexity index is 175. The van der Waals surface area contributed by atoms with Gasteiger partial charge in [0.15, 0.2) is 0 Å². The van der Waals surface area contributed by atoms with Gasteiger partial charge in [0.25, 0.3) is 0 Å². The number of rotatable bonds is 9. The standard InChI is InChI=1S/C14H30N2O/c1-3-6-12(7-4-2)14(16-15)10-9-13-8-5-11-17-13/h12-14,16H,3-11,15H2,1-2H3. The van der Waals surface area contributed by atoms with Crippen LogP contribution >= 0.6 is 0 Å². The van der Waals surface area contributed by atoms with E-state index >= 15 is 0 Å². The Balaban J connectivity index is 2.32. The maximum absolute atomic E-state index is 5.73. The lowest BCUT2D eigenvalue weighted by atomic mass is 9.87. The normalized spacial score (nSPS) is 22.2. The van der Waals surface area contributed by atoms with Gasteiger partial charge in [-0.25, -0.2) is 0 Å². The van der Waals surface area contributed by atoms with E-state index in [4.69, 9.17) is 10.6 Å². The molecular weight excluding hydrogens is 212 g/mol. The lowest BCUT2D eigenvalue weighted by molar-refractivity contribution is 0.0963. The van der Waals surface area contributed by atoms with Crippen LogP contribution in [0.3, 0.4) is 0 Å². The van der Waals surface area contributed by atoms with Crippen molar-refractivity contribution >= 4 is 0 Å². The van der Waals surface area contributed by atoms with Crippen molar-refractivity contribution in [2.24, 2.45) is 11.8 Å². The molecule has 0 radical (unpaired) electrons. The Kier molecular flexibility index (Phi) is 7.82. The van der Waals surface area contributed by atoms with Gasteiger partial charge in [-0.15, -0.1) is 0 Å². The summed E-state index contributed by atoms with van der Waals surface area (Å²) in [6.45, 7) is 5.48. The van der Waals surface area contributed by atoms with Crippen molar-refractivity contribution in [1.82, 2.24) is 5.43 Å². The lowest BCUT2D eigenvalue weighted by Crippen LogP contribution is -2.41. The topological polar surface area (TPSA) is 47.3 Å². The number of hydrogen-bond donors (Lipinski definition) is 2. The average molecular weight is 242 g/mol. The molecule has 0 spiro atoms. The maximum atomic E-state index is 5.73. The highest BCUT2D eigenvalue weighted by Gasteiger charge is 2.22. The van der Waals surface area contributed by atoms with E-state index in [2.05, 4.69) is 19.3 Å². The van der Waals surface area contributed by atoms with Gasteiger partial charge in [-0.2, -0.15) is 0 Å². The molecule has 1 heterocycles. The van der Waals surface area contributed by atoms with Crippen LogP contribution in [0.1, 0.15) is 65.2 Å². The molecule has 1 fully saturated rings. The minimum absolute atomic E-state index is 0.471. The van der Waals surface area contributed by atoms with Crippen LogP contribution in [-0.2, 0) is 4.74 Å². The first-order valence-electron chi connectivity index (χ1n) is 7.39. The van der Waals surface area contributed by atoms with Gasteiger partial charge < -0.3 is 4.74 Å². The SMILES string of the molecule is CCCC(CCC)C(CCC1CCCO1)NN. The highest BCUT2D eigenvalue weighted by atomic mass is 16.5. The van der Waals surface area contributed by atoms with Crippen molar-refractivity contribution < 1.29 is 4.74 Å². The van der Waals surface area contributed by atoms with E-state index in [-0.39, 0.29) is 0 Å². The molecule has 3 nitrogen and oxygen atoms in total. The minimum Gasteiger partial charge on any atom is -0.378 e. The second-order valence-electron chi connectivity index (χ2n) is 5.32. The van der Waals surface area contributed by atoms with Crippen LogP contribution in [0, 0.1) is 5.92 Å². The molecule has 0 bridgehead atoms. The monoisotopic (exact) mass is 242 g/mol. The number of hydrazine groups is 1. The van der Waals surface area contributed by atoms with E-state index in [0.29, 0.717) is 12.1 Å². The number of nitrogens with two attached hydrogens (primary N) is 1. The zero-order chi connectivity index (χ0) is 12.5. The smallest absolute Gasteiger partial charge is 0.0576 e. The zero-order valence-electron chi connectivity index (χ0n) is 11.6. The average Bonchev–Trinajstić information content (AvgIpc) is 2.83. The molecular formula is C14H30N2O. The van der Waals surface area contributed by atoms with Crippen LogP contribution in [0.5, 0.6) is 0 Å².